The molecule has 3 aliphatic heterocycles. The molecule has 0 atom stereocenters. The van der Waals surface area contributed by atoms with Gasteiger partial charge in [0.05, 0.1) is 11.4 Å². The van der Waals surface area contributed by atoms with Gasteiger partial charge in [0.25, 0.3) is 0 Å². The van der Waals surface area contributed by atoms with Gasteiger partial charge in [-0.15, -0.1) is 5.10 Å². The molecule has 1 aromatic carbocycles. The van der Waals surface area contributed by atoms with Gasteiger partial charge in [0.2, 0.25) is 0 Å². The van der Waals surface area contributed by atoms with E-state index in [1.54, 1.807) is 17.1 Å². The fourth-order valence-electron chi connectivity index (χ4n) is 5.23. The largest absolute Gasteiger partial charge is 0.456 e. The second-order valence-electron chi connectivity index (χ2n) is 9.19. The summed E-state index contributed by atoms with van der Waals surface area (Å²) in [5, 5.41) is 11.4. The van der Waals surface area contributed by atoms with E-state index in [1.807, 2.05) is 0 Å². The van der Waals surface area contributed by atoms with Crippen LogP contribution in [0, 0.1) is 12.3 Å². The lowest BCUT2D eigenvalue weighted by atomic mass is 9.71. The molecule has 3 aliphatic rings. The smallest absolute Gasteiger partial charge is 0.333 e. The summed E-state index contributed by atoms with van der Waals surface area (Å²) in [6.45, 7) is 8.21. The lowest BCUT2D eigenvalue weighted by Crippen LogP contribution is -2.47. The Morgan fingerprint density at radius 2 is 1.87 bits per heavy atom. The molecule has 0 saturated carbocycles. The zero-order valence-corrected chi connectivity index (χ0v) is 18.2. The van der Waals surface area contributed by atoms with Crippen molar-refractivity contribution in [1.29, 1.82) is 0 Å². The lowest BCUT2D eigenvalue weighted by molar-refractivity contribution is -0.135. The molecule has 2 fully saturated rings. The summed E-state index contributed by atoms with van der Waals surface area (Å²) < 4.78 is 6.77. The normalized spacial score (nSPS) is 21.4. The summed E-state index contributed by atoms with van der Waals surface area (Å²) in [4.78, 5) is 16.3. The molecule has 0 unspecified atom stereocenters. The van der Waals surface area contributed by atoms with Crippen LogP contribution < -0.4 is 0 Å². The van der Waals surface area contributed by atoms with Crippen LogP contribution in [0.25, 0.3) is 5.69 Å². The van der Waals surface area contributed by atoms with Gasteiger partial charge in [-0.25, -0.2) is 9.48 Å². The van der Waals surface area contributed by atoms with Gasteiger partial charge in [-0.2, -0.15) is 0 Å². The summed E-state index contributed by atoms with van der Waals surface area (Å²) in [5.41, 5.74) is 5.24. The SMILES string of the molecule is Cc1cc(-n2cnnn2)ccc1CCN1CCC2(CC1)CCN(C1=CC(=O)OC1)CC2. The van der Waals surface area contributed by atoms with Crippen molar-refractivity contribution in [3.63, 3.8) is 0 Å². The van der Waals surface area contributed by atoms with Crippen molar-refractivity contribution in [2.75, 3.05) is 39.3 Å². The molecule has 0 amide bonds. The maximum atomic E-state index is 11.3. The van der Waals surface area contributed by atoms with Crippen LogP contribution in [0.5, 0.6) is 0 Å². The minimum Gasteiger partial charge on any atom is -0.456 e. The molecule has 164 valence electrons. The number of hydrogen-bond donors (Lipinski definition) is 0. The van der Waals surface area contributed by atoms with Crippen molar-refractivity contribution >= 4 is 5.97 Å². The second kappa shape index (κ2) is 8.42. The highest BCUT2D eigenvalue weighted by molar-refractivity contribution is 5.85. The van der Waals surface area contributed by atoms with Gasteiger partial charge < -0.3 is 14.5 Å². The summed E-state index contributed by atoms with van der Waals surface area (Å²) in [6.07, 6.45) is 9.39. The summed E-state index contributed by atoms with van der Waals surface area (Å²) in [6, 6.07) is 6.46. The van der Waals surface area contributed by atoms with E-state index in [-0.39, 0.29) is 5.97 Å². The molecule has 4 heterocycles. The monoisotopic (exact) mass is 422 g/mol. The number of tetrazole rings is 1. The Balaban J connectivity index is 1.10. The highest BCUT2D eigenvalue weighted by Crippen LogP contribution is 2.42. The number of likely N-dealkylation sites (tertiary alicyclic amines) is 2. The molecule has 2 saturated heterocycles. The van der Waals surface area contributed by atoms with Crippen molar-refractivity contribution < 1.29 is 9.53 Å². The summed E-state index contributed by atoms with van der Waals surface area (Å²) in [7, 11) is 0. The van der Waals surface area contributed by atoms with Gasteiger partial charge in [0, 0.05) is 25.7 Å². The lowest BCUT2D eigenvalue weighted by Gasteiger charge is -2.47. The fraction of sp³-hybridized carbons (Fsp3) is 0.565. The molecule has 0 radical (unpaired) electrons. The molecule has 1 spiro atoms. The third kappa shape index (κ3) is 4.35. The molecule has 0 N–H and O–H groups in total. The first-order valence-electron chi connectivity index (χ1n) is 11.3. The Hall–Kier alpha value is -2.74. The topological polar surface area (TPSA) is 76.4 Å². The first kappa shape index (κ1) is 20.2. The number of carbonyl (C=O) groups excluding carboxylic acids is 1. The molecular weight excluding hydrogens is 392 g/mol. The van der Waals surface area contributed by atoms with Crippen LogP contribution in [0.4, 0.5) is 0 Å². The van der Waals surface area contributed by atoms with Crippen LogP contribution in [-0.2, 0) is 16.0 Å². The molecule has 2 aromatic rings. The summed E-state index contributed by atoms with van der Waals surface area (Å²) >= 11 is 0. The minimum absolute atomic E-state index is 0.191. The van der Waals surface area contributed by atoms with Crippen LogP contribution in [0.2, 0.25) is 0 Å². The van der Waals surface area contributed by atoms with Crippen LogP contribution >= 0.6 is 0 Å². The predicted octanol–water partition coefficient (Wildman–Crippen LogP) is 2.13. The first-order chi connectivity index (χ1) is 15.1. The zero-order valence-electron chi connectivity index (χ0n) is 18.2. The quantitative estimate of drug-likeness (QED) is 0.683. The van der Waals surface area contributed by atoms with E-state index >= 15 is 0 Å². The number of esters is 1. The van der Waals surface area contributed by atoms with E-state index in [4.69, 9.17) is 4.74 Å². The molecule has 8 nitrogen and oxygen atoms in total. The van der Waals surface area contributed by atoms with Gasteiger partial charge in [-0.05, 0) is 91.2 Å². The molecule has 8 heteroatoms. The number of piperidine rings is 2. The van der Waals surface area contributed by atoms with Gasteiger partial charge >= 0.3 is 5.97 Å². The Morgan fingerprint density at radius 3 is 2.52 bits per heavy atom. The van der Waals surface area contributed by atoms with Gasteiger partial charge in [-0.3, -0.25) is 0 Å². The van der Waals surface area contributed by atoms with E-state index in [0.29, 0.717) is 12.0 Å². The van der Waals surface area contributed by atoms with Crippen molar-refractivity contribution in [2.24, 2.45) is 5.41 Å². The van der Waals surface area contributed by atoms with Crippen LogP contribution in [0.15, 0.2) is 36.3 Å². The van der Waals surface area contributed by atoms with E-state index < -0.39 is 0 Å². The van der Waals surface area contributed by atoms with E-state index in [2.05, 4.69) is 50.4 Å². The predicted molar refractivity (Wildman–Crippen MR) is 116 cm³/mol. The van der Waals surface area contributed by atoms with Crippen molar-refractivity contribution in [3.05, 3.63) is 47.4 Å². The number of aryl methyl sites for hydroxylation is 1. The number of benzene rings is 1. The van der Waals surface area contributed by atoms with Crippen molar-refractivity contribution in [1.82, 2.24) is 30.0 Å². The van der Waals surface area contributed by atoms with E-state index in [9.17, 15) is 4.79 Å². The standard InChI is InChI=1S/C23H30N6O2/c1-18-14-20(29-17-24-25-26-29)3-2-19(18)4-9-27-10-5-23(6-11-27)7-12-28(13-8-23)21-15-22(30)31-16-21/h2-3,14-15,17H,4-13,16H2,1H3. The van der Waals surface area contributed by atoms with E-state index in [1.165, 1.54) is 49.9 Å². The number of nitrogens with zero attached hydrogens (tertiary/aromatic N) is 6. The maximum absolute atomic E-state index is 11.3. The molecule has 5 rings (SSSR count). The van der Waals surface area contributed by atoms with Gasteiger partial charge in [-0.1, -0.05) is 6.07 Å². The number of rotatable bonds is 5. The Kier molecular flexibility index (Phi) is 5.48. The maximum Gasteiger partial charge on any atom is 0.333 e. The Morgan fingerprint density at radius 1 is 1.10 bits per heavy atom. The Labute approximate surface area is 182 Å². The molecule has 31 heavy (non-hydrogen) atoms. The van der Waals surface area contributed by atoms with Crippen molar-refractivity contribution in [2.45, 2.75) is 39.0 Å². The van der Waals surface area contributed by atoms with E-state index in [0.717, 1.165) is 37.4 Å². The van der Waals surface area contributed by atoms with Crippen LogP contribution in [0.1, 0.15) is 36.8 Å². The third-order valence-corrected chi connectivity index (χ3v) is 7.43. The minimum atomic E-state index is -0.191. The second-order valence-corrected chi connectivity index (χ2v) is 9.19. The number of ether oxygens (including phenoxy) is 1. The summed E-state index contributed by atoms with van der Waals surface area (Å²) in [5.74, 6) is -0.191. The van der Waals surface area contributed by atoms with Crippen LogP contribution in [0.3, 0.4) is 0 Å². The number of aromatic nitrogens is 4. The zero-order chi connectivity index (χ0) is 21.3. The average molecular weight is 423 g/mol. The number of cyclic esters (lactones) is 1. The highest BCUT2D eigenvalue weighted by Gasteiger charge is 2.38. The molecular formula is C23H30N6O2. The molecule has 0 aliphatic carbocycles. The molecule has 1 aromatic heterocycles. The van der Waals surface area contributed by atoms with Crippen LogP contribution in [-0.4, -0.2) is 75.3 Å². The van der Waals surface area contributed by atoms with Gasteiger partial charge in [0.1, 0.15) is 12.9 Å². The molecule has 0 bridgehead atoms. The Bertz CT molecular complexity index is 952. The first-order valence-corrected chi connectivity index (χ1v) is 11.3. The number of carbonyl (C=O) groups is 1. The average Bonchev–Trinajstić information content (AvgIpc) is 3.47. The fourth-order valence-corrected chi connectivity index (χ4v) is 5.23. The van der Waals surface area contributed by atoms with Crippen molar-refractivity contribution in [3.8, 4) is 5.69 Å². The third-order valence-electron chi connectivity index (χ3n) is 7.43. The number of hydrogen-bond acceptors (Lipinski definition) is 7. The highest BCUT2D eigenvalue weighted by atomic mass is 16.5. The van der Waals surface area contributed by atoms with Gasteiger partial charge in [0.15, 0.2) is 0 Å².